The smallest absolute Gasteiger partial charge is 0.220 e. The molecule has 0 saturated carbocycles. The molecule has 0 aliphatic heterocycles. The first kappa shape index (κ1) is 20.1. The Morgan fingerprint density at radius 3 is 2.33 bits per heavy atom. The van der Waals surface area contributed by atoms with Crippen LogP contribution in [0.25, 0.3) is 0 Å². The summed E-state index contributed by atoms with van der Waals surface area (Å²) >= 11 is 0. The molecule has 0 aromatic heterocycles. The number of carbonyl (C=O) groups excluding carboxylic acids is 1. The Kier molecular flexibility index (Phi) is 8.40. The zero-order valence-electron chi connectivity index (χ0n) is 15.6. The topological polar surface area (TPSA) is 60.0 Å². The van der Waals surface area contributed by atoms with E-state index in [1.165, 1.54) is 0 Å². The minimum atomic E-state index is 0.0315. The fourth-order valence-corrected chi connectivity index (χ4v) is 2.33. The summed E-state index contributed by atoms with van der Waals surface area (Å²) in [7, 11) is 6.79. The molecule has 0 spiro atoms. The van der Waals surface area contributed by atoms with Crippen LogP contribution in [0, 0.1) is 0 Å². The van der Waals surface area contributed by atoms with Crippen LogP contribution in [0.1, 0.15) is 25.8 Å². The fraction of sp³-hybridized carbons (Fsp3) is 0.611. The average Bonchev–Trinajstić information content (AvgIpc) is 2.58. The largest absolute Gasteiger partial charge is 0.493 e. The van der Waals surface area contributed by atoms with Gasteiger partial charge >= 0.3 is 0 Å². The van der Waals surface area contributed by atoms with Crippen molar-refractivity contribution < 1.29 is 19.0 Å². The molecule has 0 unspecified atom stereocenters. The molecule has 1 amide bonds. The summed E-state index contributed by atoms with van der Waals surface area (Å²) in [5.41, 5.74) is 0.921. The van der Waals surface area contributed by atoms with Crippen molar-refractivity contribution in [1.29, 1.82) is 0 Å². The molecule has 1 N–H and O–H groups in total. The van der Waals surface area contributed by atoms with Crippen molar-refractivity contribution in [2.75, 3.05) is 41.5 Å². The lowest BCUT2D eigenvalue weighted by molar-refractivity contribution is -0.121. The summed E-state index contributed by atoms with van der Waals surface area (Å²) in [6.45, 7) is 5.75. The monoisotopic (exact) mass is 338 g/mol. The van der Waals surface area contributed by atoms with Crippen LogP contribution in [0.2, 0.25) is 0 Å². The maximum absolute atomic E-state index is 12.0. The standard InChI is InChI=1S/C18H30N2O4/c1-13(2)20(3)12-11-19-16(21)10-8-14-7-9-15(22-4)18(24-6)17(14)23-5/h7,9,13H,8,10-12H2,1-6H3,(H,19,21). The number of hydrogen-bond donors (Lipinski definition) is 1. The van der Waals surface area contributed by atoms with Crippen molar-refractivity contribution in [1.82, 2.24) is 10.2 Å². The van der Waals surface area contributed by atoms with E-state index in [2.05, 4.69) is 24.1 Å². The molecular formula is C18H30N2O4. The molecule has 0 atom stereocenters. The third-order valence-electron chi connectivity index (χ3n) is 4.08. The van der Waals surface area contributed by atoms with Gasteiger partial charge in [-0.1, -0.05) is 6.07 Å². The van der Waals surface area contributed by atoms with Gasteiger partial charge in [0.2, 0.25) is 11.7 Å². The summed E-state index contributed by atoms with van der Waals surface area (Å²) in [4.78, 5) is 14.2. The fourth-order valence-electron chi connectivity index (χ4n) is 2.33. The van der Waals surface area contributed by atoms with Crippen molar-refractivity contribution in [2.45, 2.75) is 32.7 Å². The highest BCUT2D eigenvalue weighted by Gasteiger charge is 2.16. The van der Waals surface area contributed by atoms with Crippen molar-refractivity contribution >= 4 is 5.91 Å². The molecule has 0 aliphatic rings. The molecule has 1 rings (SSSR count). The maximum Gasteiger partial charge on any atom is 0.220 e. The number of benzene rings is 1. The van der Waals surface area contributed by atoms with Crippen molar-refractivity contribution in [3.63, 3.8) is 0 Å². The van der Waals surface area contributed by atoms with Crippen LogP contribution in [-0.2, 0) is 11.2 Å². The van der Waals surface area contributed by atoms with Gasteiger partial charge in [-0.2, -0.15) is 0 Å². The second kappa shape index (κ2) is 10.0. The van der Waals surface area contributed by atoms with Gasteiger partial charge < -0.3 is 24.4 Å². The molecule has 1 aromatic carbocycles. The number of nitrogens with one attached hydrogen (secondary N) is 1. The molecule has 1 aromatic rings. The van der Waals surface area contributed by atoms with Crippen molar-refractivity contribution in [2.24, 2.45) is 0 Å². The van der Waals surface area contributed by atoms with Gasteiger partial charge in [0.1, 0.15) is 0 Å². The maximum atomic E-state index is 12.0. The lowest BCUT2D eigenvalue weighted by Gasteiger charge is -2.21. The molecular weight excluding hydrogens is 308 g/mol. The number of rotatable bonds is 10. The zero-order valence-corrected chi connectivity index (χ0v) is 15.6. The van der Waals surface area contributed by atoms with Crippen LogP contribution < -0.4 is 19.5 Å². The second-order valence-electron chi connectivity index (χ2n) is 5.92. The van der Waals surface area contributed by atoms with E-state index < -0.39 is 0 Å². The SMILES string of the molecule is COc1ccc(CCC(=O)NCCN(C)C(C)C)c(OC)c1OC. The molecule has 136 valence electrons. The predicted molar refractivity (Wildman–Crippen MR) is 95.2 cm³/mol. The Labute approximate surface area is 145 Å². The quantitative estimate of drug-likeness (QED) is 0.708. The Morgan fingerprint density at radius 2 is 1.79 bits per heavy atom. The first-order valence-corrected chi connectivity index (χ1v) is 8.19. The normalized spacial score (nSPS) is 10.8. The number of carbonyl (C=O) groups is 1. The second-order valence-corrected chi connectivity index (χ2v) is 5.92. The molecule has 0 radical (unpaired) electrons. The molecule has 0 aliphatic carbocycles. The van der Waals surface area contributed by atoms with Crippen LogP contribution in [-0.4, -0.2) is 58.3 Å². The van der Waals surface area contributed by atoms with E-state index in [0.717, 1.165) is 12.1 Å². The number of nitrogens with zero attached hydrogens (tertiary/aromatic N) is 1. The van der Waals surface area contributed by atoms with E-state index in [1.807, 2.05) is 19.2 Å². The Balaban J connectivity index is 2.59. The molecule has 0 fully saturated rings. The highest BCUT2D eigenvalue weighted by molar-refractivity contribution is 5.76. The molecule has 0 bridgehead atoms. The van der Waals surface area contributed by atoms with Gasteiger partial charge in [0.15, 0.2) is 11.5 Å². The third kappa shape index (κ3) is 5.60. The number of aryl methyl sites for hydroxylation is 1. The Morgan fingerprint density at radius 1 is 1.12 bits per heavy atom. The van der Waals surface area contributed by atoms with Gasteiger partial charge in [0, 0.05) is 25.6 Å². The summed E-state index contributed by atoms with van der Waals surface area (Å²) in [6, 6.07) is 4.20. The first-order valence-electron chi connectivity index (χ1n) is 8.19. The molecule has 24 heavy (non-hydrogen) atoms. The number of likely N-dealkylation sites (N-methyl/N-ethyl adjacent to an activating group) is 1. The van der Waals surface area contributed by atoms with Gasteiger partial charge in [-0.25, -0.2) is 0 Å². The average molecular weight is 338 g/mol. The molecule has 6 heteroatoms. The summed E-state index contributed by atoms with van der Waals surface area (Å²) in [6.07, 6.45) is 0.979. The number of amides is 1. The first-order chi connectivity index (χ1) is 11.4. The molecule has 0 heterocycles. The molecule has 6 nitrogen and oxygen atoms in total. The van der Waals surface area contributed by atoms with Crippen LogP contribution >= 0.6 is 0 Å². The van der Waals surface area contributed by atoms with E-state index in [0.29, 0.717) is 42.7 Å². The molecule has 0 saturated heterocycles. The van der Waals surface area contributed by atoms with Gasteiger partial charge in [-0.05, 0) is 38.9 Å². The number of methoxy groups -OCH3 is 3. The lowest BCUT2D eigenvalue weighted by atomic mass is 10.1. The highest BCUT2D eigenvalue weighted by Crippen LogP contribution is 2.40. The van der Waals surface area contributed by atoms with Gasteiger partial charge in [-0.15, -0.1) is 0 Å². The van der Waals surface area contributed by atoms with Crippen molar-refractivity contribution in [3.8, 4) is 17.2 Å². The van der Waals surface area contributed by atoms with Crippen LogP contribution in [0.3, 0.4) is 0 Å². The van der Waals surface area contributed by atoms with Gasteiger partial charge in [0.05, 0.1) is 21.3 Å². The lowest BCUT2D eigenvalue weighted by Crippen LogP contribution is -2.36. The van der Waals surface area contributed by atoms with Crippen LogP contribution in [0.15, 0.2) is 12.1 Å². The van der Waals surface area contributed by atoms with Gasteiger partial charge in [-0.3, -0.25) is 4.79 Å². The van der Waals surface area contributed by atoms with E-state index >= 15 is 0 Å². The van der Waals surface area contributed by atoms with Crippen LogP contribution in [0.4, 0.5) is 0 Å². The van der Waals surface area contributed by atoms with E-state index in [-0.39, 0.29) is 5.91 Å². The summed E-state index contributed by atoms with van der Waals surface area (Å²) < 4.78 is 16.1. The summed E-state index contributed by atoms with van der Waals surface area (Å²) in [5, 5.41) is 2.95. The Bertz CT molecular complexity index is 532. The zero-order chi connectivity index (χ0) is 18.1. The minimum absolute atomic E-state index is 0.0315. The van der Waals surface area contributed by atoms with E-state index in [1.54, 1.807) is 21.3 Å². The van der Waals surface area contributed by atoms with E-state index in [4.69, 9.17) is 14.2 Å². The van der Waals surface area contributed by atoms with Crippen LogP contribution in [0.5, 0.6) is 17.2 Å². The van der Waals surface area contributed by atoms with Crippen molar-refractivity contribution in [3.05, 3.63) is 17.7 Å². The summed E-state index contributed by atoms with van der Waals surface area (Å²) in [5.74, 6) is 1.81. The minimum Gasteiger partial charge on any atom is -0.493 e. The Hall–Kier alpha value is -1.95. The third-order valence-corrected chi connectivity index (χ3v) is 4.08. The number of hydrogen-bond acceptors (Lipinski definition) is 5. The number of ether oxygens (including phenoxy) is 3. The van der Waals surface area contributed by atoms with Gasteiger partial charge in [0.25, 0.3) is 0 Å². The highest BCUT2D eigenvalue weighted by atomic mass is 16.5. The van der Waals surface area contributed by atoms with E-state index in [9.17, 15) is 4.79 Å². The predicted octanol–water partition coefficient (Wildman–Crippen LogP) is 2.10.